The van der Waals surface area contributed by atoms with Crippen LogP contribution in [0.2, 0.25) is 5.02 Å². The standard InChI is InChI=1S/C14H17ClN2OS/c1-10-14(19-9-17-10)5-6-18-13(8-16)11-3-2-4-12(15)7-11/h2-4,7,9,13H,5-6,8,16H2,1H3. The Morgan fingerprint density at radius 3 is 2.95 bits per heavy atom. The van der Waals surface area contributed by atoms with Crippen LogP contribution in [0.1, 0.15) is 22.2 Å². The van der Waals surface area contributed by atoms with Crippen molar-refractivity contribution in [1.82, 2.24) is 4.98 Å². The van der Waals surface area contributed by atoms with E-state index in [-0.39, 0.29) is 6.10 Å². The fourth-order valence-corrected chi connectivity index (χ4v) is 2.83. The molecule has 5 heteroatoms. The number of rotatable bonds is 6. The number of benzene rings is 1. The van der Waals surface area contributed by atoms with E-state index in [1.807, 2.05) is 36.7 Å². The smallest absolute Gasteiger partial charge is 0.0947 e. The van der Waals surface area contributed by atoms with Gasteiger partial charge in [0.1, 0.15) is 0 Å². The summed E-state index contributed by atoms with van der Waals surface area (Å²) in [4.78, 5) is 5.49. The van der Waals surface area contributed by atoms with Crippen LogP contribution < -0.4 is 5.73 Å². The second-order valence-electron chi connectivity index (χ2n) is 4.26. The maximum atomic E-state index is 5.98. The van der Waals surface area contributed by atoms with Crippen molar-refractivity contribution in [2.75, 3.05) is 13.2 Å². The first-order chi connectivity index (χ1) is 9.20. The van der Waals surface area contributed by atoms with Gasteiger partial charge in [0.25, 0.3) is 0 Å². The molecule has 2 aromatic rings. The molecule has 3 nitrogen and oxygen atoms in total. The van der Waals surface area contributed by atoms with Gasteiger partial charge in [-0.2, -0.15) is 0 Å². The quantitative estimate of drug-likeness (QED) is 0.889. The molecule has 0 amide bonds. The predicted molar refractivity (Wildman–Crippen MR) is 79.8 cm³/mol. The Morgan fingerprint density at radius 1 is 1.47 bits per heavy atom. The van der Waals surface area contributed by atoms with Gasteiger partial charge in [0, 0.05) is 22.9 Å². The van der Waals surface area contributed by atoms with Crippen LogP contribution >= 0.6 is 22.9 Å². The van der Waals surface area contributed by atoms with Crippen LogP contribution in [-0.4, -0.2) is 18.1 Å². The zero-order chi connectivity index (χ0) is 13.7. The first-order valence-corrected chi connectivity index (χ1v) is 7.42. The van der Waals surface area contributed by atoms with Crippen LogP contribution in [0.3, 0.4) is 0 Å². The van der Waals surface area contributed by atoms with E-state index < -0.39 is 0 Å². The van der Waals surface area contributed by atoms with Gasteiger partial charge in [-0.1, -0.05) is 23.7 Å². The summed E-state index contributed by atoms with van der Waals surface area (Å²) < 4.78 is 5.86. The molecule has 0 fully saturated rings. The molecule has 0 aliphatic carbocycles. The molecule has 0 aliphatic rings. The maximum absolute atomic E-state index is 5.98. The van der Waals surface area contributed by atoms with Crippen molar-refractivity contribution < 1.29 is 4.74 Å². The largest absolute Gasteiger partial charge is 0.372 e. The van der Waals surface area contributed by atoms with Gasteiger partial charge in [0.15, 0.2) is 0 Å². The van der Waals surface area contributed by atoms with Gasteiger partial charge in [0.2, 0.25) is 0 Å². The van der Waals surface area contributed by atoms with E-state index in [0.717, 1.165) is 17.7 Å². The van der Waals surface area contributed by atoms with Crippen molar-refractivity contribution >= 4 is 22.9 Å². The van der Waals surface area contributed by atoms with Crippen molar-refractivity contribution in [3.05, 3.63) is 50.9 Å². The van der Waals surface area contributed by atoms with E-state index in [9.17, 15) is 0 Å². The van der Waals surface area contributed by atoms with Gasteiger partial charge in [-0.25, -0.2) is 4.98 Å². The fraction of sp³-hybridized carbons (Fsp3) is 0.357. The van der Waals surface area contributed by atoms with E-state index in [4.69, 9.17) is 22.1 Å². The van der Waals surface area contributed by atoms with Gasteiger partial charge in [-0.05, 0) is 24.6 Å². The van der Waals surface area contributed by atoms with Gasteiger partial charge < -0.3 is 10.5 Å². The molecule has 0 saturated carbocycles. The highest BCUT2D eigenvalue weighted by Crippen LogP contribution is 2.21. The van der Waals surface area contributed by atoms with Crippen LogP contribution in [0, 0.1) is 6.92 Å². The lowest BCUT2D eigenvalue weighted by Gasteiger charge is -2.16. The first-order valence-electron chi connectivity index (χ1n) is 6.17. The minimum atomic E-state index is -0.105. The Balaban J connectivity index is 1.91. The number of hydrogen-bond donors (Lipinski definition) is 1. The summed E-state index contributed by atoms with van der Waals surface area (Å²) in [5.41, 5.74) is 9.74. The number of halogens is 1. The van der Waals surface area contributed by atoms with Crippen LogP contribution in [0.15, 0.2) is 29.8 Å². The van der Waals surface area contributed by atoms with Crippen molar-refractivity contribution in [2.45, 2.75) is 19.4 Å². The second-order valence-corrected chi connectivity index (χ2v) is 5.64. The van der Waals surface area contributed by atoms with Crippen LogP contribution in [0.5, 0.6) is 0 Å². The topological polar surface area (TPSA) is 48.1 Å². The predicted octanol–water partition coefficient (Wildman–Crippen LogP) is 3.36. The van der Waals surface area contributed by atoms with E-state index in [2.05, 4.69) is 4.98 Å². The number of nitrogens with zero attached hydrogens (tertiary/aromatic N) is 1. The summed E-state index contributed by atoms with van der Waals surface area (Å²) >= 11 is 7.64. The molecule has 1 heterocycles. The monoisotopic (exact) mass is 296 g/mol. The van der Waals surface area contributed by atoms with Crippen molar-refractivity contribution in [1.29, 1.82) is 0 Å². The Labute approximate surface area is 122 Å². The SMILES string of the molecule is Cc1ncsc1CCOC(CN)c1cccc(Cl)c1. The summed E-state index contributed by atoms with van der Waals surface area (Å²) in [6, 6.07) is 7.65. The Kier molecular flexibility index (Phi) is 5.34. The molecule has 0 saturated heterocycles. The van der Waals surface area contributed by atoms with E-state index in [1.54, 1.807) is 11.3 Å². The minimum absolute atomic E-state index is 0.105. The summed E-state index contributed by atoms with van der Waals surface area (Å²) in [5, 5.41) is 0.706. The third-order valence-corrected chi connectivity index (χ3v) is 4.16. The van der Waals surface area contributed by atoms with Crippen LogP contribution in [0.25, 0.3) is 0 Å². The van der Waals surface area contributed by atoms with Gasteiger partial charge in [-0.15, -0.1) is 11.3 Å². The molecular weight excluding hydrogens is 280 g/mol. The normalized spacial score (nSPS) is 12.6. The molecule has 1 aromatic carbocycles. The van der Waals surface area contributed by atoms with E-state index in [0.29, 0.717) is 18.2 Å². The van der Waals surface area contributed by atoms with E-state index >= 15 is 0 Å². The molecule has 102 valence electrons. The third-order valence-electron chi connectivity index (χ3n) is 2.93. The number of nitrogens with two attached hydrogens (primary N) is 1. The molecule has 2 rings (SSSR count). The number of aromatic nitrogens is 1. The summed E-state index contributed by atoms with van der Waals surface area (Å²) in [7, 11) is 0. The number of ether oxygens (including phenoxy) is 1. The molecule has 0 aliphatic heterocycles. The lowest BCUT2D eigenvalue weighted by atomic mass is 10.1. The van der Waals surface area contributed by atoms with Gasteiger partial charge in [-0.3, -0.25) is 0 Å². The molecule has 1 atom stereocenters. The highest BCUT2D eigenvalue weighted by Gasteiger charge is 2.11. The lowest BCUT2D eigenvalue weighted by Crippen LogP contribution is -2.17. The van der Waals surface area contributed by atoms with Crippen LogP contribution in [-0.2, 0) is 11.2 Å². The third kappa shape index (κ3) is 4.01. The maximum Gasteiger partial charge on any atom is 0.0947 e. The summed E-state index contributed by atoms with van der Waals surface area (Å²) in [6.45, 7) is 3.10. The number of aryl methyl sites for hydroxylation is 1. The fourth-order valence-electron chi connectivity index (χ4n) is 1.87. The molecule has 0 spiro atoms. The van der Waals surface area contributed by atoms with E-state index in [1.165, 1.54) is 4.88 Å². The highest BCUT2D eigenvalue weighted by molar-refractivity contribution is 7.09. The Hall–Kier alpha value is -0.940. The molecule has 1 aromatic heterocycles. The molecule has 0 radical (unpaired) electrons. The highest BCUT2D eigenvalue weighted by atomic mass is 35.5. The Morgan fingerprint density at radius 2 is 2.32 bits per heavy atom. The zero-order valence-electron chi connectivity index (χ0n) is 10.8. The molecule has 19 heavy (non-hydrogen) atoms. The number of hydrogen-bond acceptors (Lipinski definition) is 4. The van der Waals surface area contributed by atoms with Crippen LogP contribution in [0.4, 0.5) is 0 Å². The first kappa shape index (κ1) is 14.5. The lowest BCUT2D eigenvalue weighted by molar-refractivity contribution is 0.0611. The number of thiazole rings is 1. The molecule has 0 bridgehead atoms. The van der Waals surface area contributed by atoms with Crippen molar-refractivity contribution in [2.24, 2.45) is 5.73 Å². The Bertz CT molecular complexity index is 530. The average molecular weight is 297 g/mol. The van der Waals surface area contributed by atoms with Crippen molar-refractivity contribution in [3.63, 3.8) is 0 Å². The molecular formula is C14H17ClN2OS. The molecule has 2 N–H and O–H groups in total. The molecule has 1 unspecified atom stereocenters. The van der Waals surface area contributed by atoms with Gasteiger partial charge in [0.05, 0.1) is 23.9 Å². The zero-order valence-corrected chi connectivity index (χ0v) is 12.4. The average Bonchev–Trinajstić information content (AvgIpc) is 2.80. The summed E-state index contributed by atoms with van der Waals surface area (Å²) in [5.74, 6) is 0. The summed E-state index contributed by atoms with van der Waals surface area (Å²) in [6.07, 6.45) is 0.764. The minimum Gasteiger partial charge on any atom is -0.372 e. The van der Waals surface area contributed by atoms with Crippen molar-refractivity contribution in [3.8, 4) is 0 Å². The second kappa shape index (κ2) is 7.01. The van der Waals surface area contributed by atoms with Gasteiger partial charge >= 0.3 is 0 Å².